The second kappa shape index (κ2) is 5.81. The van der Waals surface area contributed by atoms with Crippen molar-refractivity contribution in [2.24, 2.45) is 0 Å². The van der Waals surface area contributed by atoms with E-state index in [0.29, 0.717) is 5.56 Å². The number of carbonyl (C=O) groups is 1. The number of halogens is 1. The maximum atomic E-state index is 12.6. The smallest absolute Gasteiger partial charge is 0.255 e. The van der Waals surface area contributed by atoms with Gasteiger partial charge in [-0.05, 0) is 41.8 Å². The fourth-order valence-corrected chi connectivity index (χ4v) is 3.68. The Morgan fingerprint density at radius 1 is 1.50 bits per heavy atom. The van der Waals surface area contributed by atoms with E-state index in [1.807, 2.05) is 0 Å². The standard InChI is InChI=1S/C13H17BrN2O3S/c1-9(8-20(2,18)19)16(12-3-4-12)13(17)10-5-11(14)7-15-6-10/h5-7,9,12H,3-4,8H2,1-2H3/t9-/m1/s1. The van der Waals surface area contributed by atoms with Crippen LogP contribution in [0.25, 0.3) is 0 Å². The summed E-state index contributed by atoms with van der Waals surface area (Å²) < 4.78 is 23.6. The summed E-state index contributed by atoms with van der Waals surface area (Å²) in [6.45, 7) is 1.78. The van der Waals surface area contributed by atoms with E-state index in [-0.39, 0.29) is 23.7 Å². The Kier molecular flexibility index (Phi) is 4.49. The lowest BCUT2D eigenvalue weighted by molar-refractivity contribution is 0.0692. The molecular formula is C13H17BrN2O3S. The van der Waals surface area contributed by atoms with Gasteiger partial charge in [0.25, 0.3) is 5.91 Å². The number of carbonyl (C=O) groups excluding carboxylic acids is 1. The summed E-state index contributed by atoms with van der Waals surface area (Å²) in [7, 11) is -3.12. The van der Waals surface area contributed by atoms with Gasteiger partial charge in [0.2, 0.25) is 0 Å². The molecule has 110 valence electrons. The number of rotatable bonds is 5. The van der Waals surface area contributed by atoms with Crippen molar-refractivity contribution in [2.45, 2.75) is 31.8 Å². The molecule has 1 aliphatic carbocycles. The van der Waals surface area contributed by atoms with Crippen LogP contribution in [0.2, 0.25) is 0 Å². The van der Waals surface area contributed by atoms with Crippen molar-refractivity contribution in [3.8, 4) is 0 Å². The first kappa shape index (κ1) is 15.4. The summed E-state index contributed by atoms with van der Waals surface area (Å²) in [6, 6.07) is 1.53. The van der Waals surface area contributed by atoms with E-state index < -0.39 is 9.84 Å². The quantitative estimate of drug-likeness (QED) is 0.803. The van der Waals surface area contributed by atoms with E-state index in [9.17, 15) is 13.2 Å². The molecule has 0 unspecified atom stereocenters. The lowest BCUT2D eigenvalue weighted by atomic mass is 10.2. The fourth-order valence-electron chi connectivity index (χ4n) is 2.27. The predicted molar refractivity (Wildman–Crippen MR) is 80.3 cm³/mol. The first-order chi connectivity index (χ1) is 9.28. The van der Waals surface area contributed by atoms with Crippen LogP contribution in [0.4, 0.5) is 0 Å². The van der Waals surface area contributed by atoms with Crippen LogP contribution in [-0.2, 0) is 9.84 Å². The SMILES string of the molecule is C[C@H](CS(C)(=O)=O)N(C(=O)c1cncc(Br)c1)C1CC1. The predicted octanol–water partition coefficient (Wildman–Crippen LogP) is 1.88. The Morgan fingerprint density at radius 3 is 2.65 bits per heavy atom. The molecule has 1 amide bonds. The summed E-state index contributed by atoms with van der Waals surface area (Å²) in [5.74, 6) is -0.172. The molecule has 1 heterocycles. The van der Waals surface area contributed by atoms with Gasteiger partial charge in [0, 0.05) is 35.2 Å². The Hall–Kier alpha value is -0.950. The Bertz CT molecular complexity index is 614. The third-order valence-electron chi connectivity index (χ3n) is 3.15. The first-order valence-corrected chi connectivity index (χ1v) is 9.24. The normalized spacial score (nSPS) is 16.8. The number of sulfone groups is 1. The maximum Gasteiger partial charge on any atom is 0.255 e. The minimum Gasteiger partial charge on any atom is -0.332 e. The van der Waals surface area contributed by atoms with Gasteiger partial charge in [-0.25, -0.2) is 8.42 Å². The third kappa shape index (κ3) is 4.02. The van der Waals surface area contributed by atoms with Gasteiger partial charge in [-0.2, -0.15) is 0 Å². The lowest BCUT2D eigenvalue weighted by Gasteiger charge is -2.29. The number of nitrogens with zero attached hydrogens (tertiary/aromatic N) is 2. The van der Waals surface area contributed by atoms with Crippen LogP contribution in [0.15, 0.2) is 22.9 Å². The molecule has 2 rings (SSSR count). The second-order valence-corrected chi connectivity index (χ2v) is 8.38. The van der Waals surface area contributed by atoms with Gasteiger partial charge in [0.1, 0.15) is 9.84 Å². The average molecular weight is 361 g/mol. The molecular weight excluding hydrogens is 344 g/mol. The van der Waals surface area contributed by atoms with Crippen LogP contribution in [0.5, 0.6) is 0 Å². The molecule has 0 bridgehead atoms. The van der Waals surface area contributed by atoms with Crippen LogP contribution in [-0.4, -0.2) is 48.3 Å². The highest BCUT2D eigenvalue weighted by atomic mass is 79.9. The Balaban J connectivity index is 2.22. The Morgan fingerprint density at radius 2 is 2.15 bits per heavy atom. The molecule has 20 heavy (non-hydrogen) atoms. The topological polar surface area (TPSA) is 67.3 Å². The zero-order chi connectivity index (χ0) is 14.9. The summed E-state index contributed by atoms with van der Waals surface area (Å²) >= 11 is 3.29. The second-order valence-electron chi connectivity index (χ2n) is 5.28. The molecule has 5 nitrogen and oxygen atoms in total. The first-order valence-electron chi connectivity index (χ1n) is 6.39. The molecule has 0 radical (unpaired) electrons. The monoisotopic (exact) mass is 360 g/mol. The van der Waals surface area contributed by atoms with Crippen molar-refractivity contribution in [3.63, 3.8) is 0 Å². The summed E-state index contributed by atoms with van der Waals surface area (Å²) in [4.78, 5) is 18.2. The summed E-state index contributed by atoms with van der Waals surface area (Å²) in [5, 5.41) is 0. The highest BCUT2D eigenvalue weighted by molar-refractivity contribution is 9.10. The number of hydrogen-bond acceptors (Lipinski definition) is 4. The van der Waals surface area contributed by atoms with Crippen molar-refractivity contribution in [2.75, 3.05) is 12.0 Å². The minimum atomic E-state index is -3.12. The highest BCUT2D eigenvalue weighted by Crippen LogP contribution is 2.30. The summed E-state index contributed by atoms with van der Waals surface area (Å²) in [6.07, 6.45) is 6.18. The van der Waals surface area contributed by atoms with Crippen molar-refractivity contribution in [3.05, 3.63) is 28.5 Å². The van der Waals surface area contributed by atoms with E-state index in [1.165, 1.54) is 12.5 Å². The van der Waals surface area contributed by atoms with Gasteiger partial charge in [-0.15, -0.1) is 0 Å². The molecule has 0 N–H and O–H groups in total. The molecule has 1 aromatic heterocycles. The molecule has 7 heteroatoms. The van der Waals surface area contributed by atoms with Crippen molar-refractivity contribution in [1.82, 2.24) is 9.88 Å². The molecule has 1 aliphatic rings. The minimum absolute atomic E-state index is 0.0172. The van der Waals surface area contributed by atoms with E-state index >= 15 is 0 Å². The van der Waals surface area contributed by atoms with Crippen LogP contribution < -0.4 is 0 Å². The molecule has 0 aromatic carbocycles. The molecule has 0 spiro atoms. The Labute approximate surface area is 127 Å². The zero-order valence-corrected chi connectivity index (χ0v) is 13.8. The van der Waals surface area contributed by atoms with Crippen molar-refractivity contribution < 1.29 is 13.2 Å². The number of aromatic nitrogens is 1. The largest absolute Gasteiger partial charge is 0.332 e. The third-order valence-corrected chi connectivity index (χ3v) is 4.67. The average Bonchev–Trinajstić information content (AvgIpc) is 3.11. The van der Waals surface area contributed by atoms with Gasteiger partial charge in [0.05, 0.1) is 11.3 Å². The van der Waals surface area contributed by atoms with Gasteiger partial charge in [-0.1, -0.05) is 0 Å². The highest BCUT2D eigenvalue weighted by Gasteiger charge is 2.37. The van der Waals surface area contributed by atoms with E-state index in [2.05, 4.69) is 20.9 Å². The van der Waals surface area contributed by atoms with E-state index in [1.54, 1.807) is 24.1 Å². The van der Waals surface area contributed by atoms with Gasteiger partial charge >= 0.3 is 0 Å². The lowest BCUT2D eigenvalue weighted by Crippen LogP contribution is -2.43. The number of pyridine rings is 1. The van der Waals surface area contributed by atoms with Gasteiger partial charge in [-0.3, -0.25) is 9.78 Å². The van der Waals surface area contributed by atoms with Gasteiger partial charge < -0.3 is 4.90 Å². The van der Waals surface area contributed by atoms with Crippen LogP contribution in [0.1, 0.15) is 30.1 Å². The molecule has 1 atom stereocenters. The van der Waals surface area contributed by atoms with Crippen molar-refractivity contribution in [1.29, 1.82) is 0 Å². The molecule has 1 aromatic rings. The van der Waals surface area contributed by atoms with E-state index in [4.69, 9.17) is 0 Å². The van der Waals surface area contributed by atoms with Crippen LogP contribution in [0.3, 0.4) is 0 Å². The molecule has 0 aliphatic heterocycles. The van der Waals surface area contributed by atoms with Gasteiger partial charge in [0.15, 0.2) is 0 Å². The number of hydrogen-bond donors (Lipinski definition) is 0. The molecule has 0 saturated heterocycles. The molecule has 1 saturated carbocycles. The zero-order valence-electron chi connectivity index (χ0n) is 11.4. The number of amides is 1. The molecule has 1 fully saturated rings. The maximum absolute atomic E-state index is 12.6. The van der Waals surface area contributed by atoms with Crippen molar-refractivity contribution >= 4 is 31.7 Å². The van der Waals surface area contributed by atoms with Crippen LogP contribution >= 0.6 is 15.9 Å². The summed E-state index contributed by atoms with van der Waals surface area (Å²) in [5.41, 5.74) is 0.478. The van der Waals surface area contributed by atoms with Crippen LogP contribution in [0, 0.1) is 0 Å². The van der Waals surface area contributed by atoms with E-state index in [0.717, 1.165) is 17.3 Å². The fraction of sp³-hybridized carbons (Fsp3) is 0.538.